The molecular formula is C16H15NO2. The average molecular weight is 253 g/mol. The molecule has 0 N–H and O–H groups in total. The lowest BCUT2D eigenvalue weighted by Gasteiger charge is -2.28. The third kappa shape index (κ3) is 2.19. The number of hydrogen-bond acceptors (Lipinski definition) is 3. The number of rotatable bonds is 2. The van der Waals surface area contributed by atoms with Crippen molar-refractivity contribution in [1.82, 2.24) is 0 Å². The van der Waals surface area contributed by atoms with E-state index in [4.69, 9.17) is 9.47 Å². The van der Waals surface area contributed by atoms with Crippen LogP contribution in [0, 0.1) is 0 Å². The first kappa shape index (κ1) is 11.8. The molecule has 1 aromatic carbocycles. The van der Waals surface area contributed by atoms with E-state index in [1.165, 1.54) is 0 Å². The summed E-state index contributed by atoms with van der Waals surface area (Å²) < 4.78 is 11.1. The van der Waals surface area contributed by atoms with E-state index in [0.29, 0.717) is 5.90 Å². The molecule has 3 rings (SSSR count). The van der Waals surface area contributed by atoms with Crippen molar-refractivity contribution in [1.29, 1.82) is 0 Å². The van der Waals surface area contributed by atoms with Gasteiger partial charge in [-0.25, -0.2) is 4.99 Å². The predicted octanol–water partition coefficient (Wildman–Crippen LogP) is 3.24. The molecule has 1 aliphatic heterocycles. The van der Waals surface area contributed by atoms with Crippen LogP contribution in [0.1, 0.15) is 12.0 Å². The lowest BCUT2D eigenvalue weighted by molar-refractivity contribution is 0.220. The summed E-state index contributed by atoms with van der Waals surface area (Å²) in [4.78, 5) is 4.45. The van der Waals surface area contributed by atoms with Crippen LogP contribution < -0.4 is 4.74 Å². The summed E-state index contributed by atoms with van der Waals surface area (Å²) in [5.74, 6) is 1.45. The van der Waals surface area contributed by atoms with Crippen LogP contribution in [0.15, 0.2) is 65.3 Å². The van der Waals surface area contributed by atoms with E-state index in [0.717, 1.165) is 29.0 Å². The van der Waals surface area contributed by atoms with Gasteiger partial charge in [0, 0.05) is 17.6 Å². The van der Waals surface area contributed by atoms with Gasteiger partial charge < -0.3 is 9.47 Å². The number of methoxy groups -OCH3 is 1. The summed E-state index contributed by atoms with van der Waals surface area (Å²) in [6.45, 7) is 4.01. The van der Waals surface area contributed by atoms with Gasteiger partial charge in [-0.2, -0.15) is 0 Å². The third-order valence-corrected chi connectivity index (χ3v) is 3.27. The molecule has 0 spiro atoms. The maximum Gasteiger partial charge on any atom is 0.221 e. The standard InChI is InChI=1S/C16H15NO2/c1-11-14-5-3-4-6-15(14)19-16(17-11)12-7-9-13(18-2)10-8-12/h3-5,7-10,15H,1,6H2,2H3. The van der Waals surface area contributed by atoms with E-state index in [1.54, 1.807) is 7.11 Å². The molecule has 0 fully saturated rings. The Balaban J connectivity index is 1.91. The fraction of sp³-hybridized carbons (Fsp3) is 0.188. The molecule has 1 atom stereocenters. The van der Waals surface area contributed by atoms with E-state index in [9.17, 15) is 0 Å². The van der Waals surface area contributed by atoms with Gasteiger partial charge >= 0.3 is 0 Å². The summed E-state index contributed by atoms with van der Waals surface area (Å²) in [5.41, 5.74) is 2.79. The van der Waals surface area contributed by atoms with Gasteiger partial charge in [0.05, 0.1) is 12.8 Å². The summed E-state index contributed by atoms with van der Waals surface area (Å²) >= 11 is 0. The Morgan fingerprint density at radius 3 is 2.84 bits per heavy atom. The molecule has 2 aliphatic rings. The zero-order valence-electron chi connectivity index (χ0n) is 10.8. The molecule has 3 nitrogen and oxygen atoms in total. The molecule has 1 aromatic rings. The second-order valence-corrected chi connectivity index (χ2v) is 4.48. The maximum absolute atomic E-state index is 5.95. The topological polar surface area (TPSA) is 30.8 Å². The average Bonchev–Trinajstić information content (AvgIpc) is 2.47. The SMILES string of the molecule is C=C1N=C(c2ccc(OC)cc2)OC2CC=CC=C12. The Morgan fingerprint density at radius 1 is 1.32 bits per heavy atom. The second-order valence-electron chi connectivity index (χ2n) is 4.48. The zero-order valence-corrected chi connectivity index (χ0v) is 10.8. The quantitative estimate of drug-likeness (QED) is 0.810. The number of ether oxygens (including phenoxy) is 2. The molecule has 0 saturated carbocycles. The third-order valence-electron chi connectivity index (χ3n) is 3.27. The molecular weight excluding hydrogens is 238 g/mol. The normalized spacial score (nSPS) is 21.1. The first-order chi connectivity index (χ1) is 9.28. The lowest BCUT2D eigenvalue weighted by atomic mass is 9.98. The van der Waals surface area contributed by atoms with Crippen molar-refractivity contribution in [2.45, 2.75) is 12.5 Å². The maximum atomic E-state index is 5.95. The smallest absolute Gasteiger partial charge is 0.221 e. The summed E-state index contributed by atoms with van der Waals surface area (Å²) in [6, 6.07) is 7.68. The molecule has 0 saturated heterocycles. The molecule has 1 aliphatic carbocycles. The minimum absolute atomic E-state index is 0.0344. The van der Waals surface area contributed by atoms with Crippen molar-refractivity contribution in [3.05, 3.63) is 65.9 Å². The molecule has 0 aromatic heterocycles. The highest BCUT2D eigenvalue weighted by Gasteiger charge is 2.26. The highest BCUT2D eigenvalue weighted by Crippen LogP contribution is 2.29. The highest BCUT2D eigenvalue weighted by molar-refractivity contribution is 5.96. The summed E-state index contributed by atoms with van der Waals surface area (Å²) in [7, 11) is 1.65. The monoisotopic (exact) mass is 253 g/mol. The van der Waals surface area contributed by atoms with Crippen LogP contribution in [0.25, 0.3) is 0 Å². The van der Waals surface area contributed by atoms with Crippen molar-refractivity contribution in [3.63, 3.8) is 0 Å². The molecule has 96 valence electrons. The molecule has 1 heterocycles. The number of nitrogens with zero attached hydrogens (tertiary/aromatic N) is 1. The van der Waals surface area contributed by atoms with Gasteiger partial charge in [-0.05, 0) is 24.3 Å². The van der Waals surface area contributed by atoms with Gasteiger partial charge in [-0.15, -0.1) is 0 Å². The van der Waals surface area contributed by atoms with Crippen molar-refractivity contribution in [2.24, 2.45) is 4.99 Å². The Hall–Kier alpha value is -2.29. The number of aliphatic imine (C=N–C) groups is 1. The van der Waals surface area contributed by atoms with Crippen LogP contribution >= 0.6 is 0 Å². The van der Waals surface area contributed by atoms with E-state index >= 15 is 0 Å². The van der Waals surface area contributed by atoms with Gasteiger partial charge in [0.2, 0.25) is 5.90 Å². The van der Waals surface area contributed by atoms with Crippen LogP contribution in [-0.2, 0) is 4.74 Å². The van der Waals surface area contributed by atoms with Crippen LogP contribution in [-0.4, -0.2) is 19.1 Å². The Morgan fingerprint density at radius 2 is 2.11 bits per heavy atom. The fourth-order valence-corrected chi connectivity index (χ4v) is 2.22. The minimum atomic E-state index is 0.0344. The van der Waals surface area contributed by atoms with Gasteiger partial charge in [0.25, 0.3) is 0 Å². The van der Waals surface area contributed by atoms with E-state index in [2.05, 4.69) is 17.6 Å². The van der Waals surface area contributed by atoms with Gasteiger partial charge in [0.1, 0.15) is 11.9 Å². The number of allylic oxidation sites excluding steroid dienone is 2. The van der Waals surface area contributed by atoms with Gasteiger partial charge in [-0.1, -0.05) is 24.8 Å². The van der Waals surface area contributed by atoms with Gasteiger partial charge in [-0.3, -0.25) is 0 Å². The molecule has 0 radical (unpaired) electrons. The lowest BCUT2D eigenvalue weighted by Crippen LogP contribution is -2.27. The zero-order chi connectivity index (χ0) is 13.2. The van der Waals surface area contributed by atoms with E-state index < -0.39 is 0 Å². The van der Waals surface area contributed by atoms with Crippen LogP contribution in [0.2, 0.25) is 0 Å². The largest absolute Gasteiger partial charge is 0.497 e. The van der Waals surface area contributed by atoms with Gasteiger partial charge in [0.15, 0.2) is 0 Å². The molecule has 1 unspecified atom stereocenters. The molecule has 0 bridgehead atoms. The fourth-order valence-electron chi connectivity index (χ4n) is 2.22. The Labute approximate surface area is 112 Å². The molecule has 0 amide bonds. The second kappa shape index (κ2) is 4.76. The summed E-state index contributed by atoms with van der Waals surface area (Å²) in [5, 5.41) is 0. The van der Waals surface area contributed by atoms with E-state index in [-0.39, 0.29) is 6.10 Å². The Kier molecular flexibility index (Phi) is 2.95. The van der Waals surface area contributed by atoms with Crippen LogP contribution in [0.5, 0.6) is 5.75 Å². The van der Waals surface area contributed by atoms with Crippen molar-refractivity contribution >= 4 is 5.90 Å². The molecule has 3 heteroatoms. The van der Waals surface area contributed by atoms with Crippen LogP contribution in [0.4, 0.5) is 0 Å². The first-order valence-corrected chi connectivity index (χ1v) is 6.23. The number of fused-ring (bicyclic) bond motifs is 1. The Bertz CT molecular complexity index is 594. The number of benzene rings is 1. The van der Waals surface area contributed by atoms with Crippen molar-refractivity contribution in [2.75, 3.05) is 7.11 Å². The van der Waals surface area contributed by atoms with Crippen molar-refractivity contribution in [3.8, 4) is 5.75 Å². The minimum Gasteiger partial charge on any atom is -0.497 e. The van der Waals surface area contributed by atoms with Crippen LogP contribution in [0.3, 0.4) is 0 Å². The molecule has 19 heavy (non-hydrogen) atoms. The van der Waals surface area contributed by atoms with E-state index in [1.807, 2.05) is 36.4 Å². The number of hydrogen-bond donors (Lipinski definition) is 0. The van der Waals surface area contributed by atoms with Crippen molar-refractivity contribution < 1.29 is 9.47 Å². The highest BCUT2D eigenvalue weighted by atomic mass is 16.5. The summed E-state index contributed by atoms with van der Waals surface area (Å²) in [6.07, 6.45) is 7.03. The first-order valence-electron chi connectivity index (χ1n) is 6.23. The predicted molar refractivity (Wildman–Crippen MR) is 75.4 cm³/mol.